The molecule has 2 aliphatic heterocycles. The van der Waals surface area contributed by atoms with E-state index in [1.165, 1.54) is 0 Å². The minimum Gasteiger partial charge on any atom is -0.454 e. The second-order valence-corrected chi connectivity index (χ2v) is 6.96. The monoisotopic (exact) mass is 373 g/mol. The number of rotatable bonds is 4. The van der Waals surface area contributed by atoms with Gasteiger partial charge in [-0.25, -0.2) is 4.63 Å². The molecule has 2 aromatic rings. The van der Waals surface area contributed by atoms with Crippen LogP contribution in [0.5, 0.6) is 11.5 Å². The standard InChI is InChI=1S/C18H23N5O4/c1-12-17(20-27-19-12)22-6-8-23(9-7-22)18(24)16(21(2)3)13-4-5-14-15(10-13)26-11-25-14/h4-5,10,16H,6-9,11H2,1-3H3/t16-/m0/s1. The zero-order valence-electron chi connectivity index (χ0n) is 15.7. The summed E-state index contributed by atoms with van der Waals surface area (Å²) in [5, 5.41) is 7.78. The number of carbonyl (C=O) groups excluding carboxylic acids is 1. The Bertz CT molecular complexity index is 829. The van der Waals surface area contributed by atoms with Crippen LogP contribution in [0, 0.1) is 6.92 Å². The van der Waals surface area contributed by atoms with Crippen molar-refractivity contribution in [3.8, 4) is 11.5 Å². The predicted molar refractivity (Wildman–Crippen MR) is 96.8 cm³/mol. The Morgan fingerprint density at radius 2 is 1.85 bits per heavy atom. The van der Waals surface area contributed by atoms with Gasteiger partial charge in [0.25, 0.3) is 0 Å². The number of amides is 1. The molecule has 0 spiro atoms. The zero-order valence-corrected chi connectivity index (χ0v) is 15.7. The largest absolute Gasteiger partial charge is 0.454 e. The van der Waals surface area contributed by atoms with E-state index in [1.54, 1.807) is 0 Å². The maximum atomic E-state index is 13.2. The molecule has 0 saturated carbocycles. The van der Waals surface area contributed by atoms with Crippen LogP contribution in [0.3, 0.4) is 0 Å². The second-order valence-electron chi connectivity index (χ2n) is 6.96. The van der Waals surface area contributed by atoms with Crippen LogP contribution in [-0.2, 0) is 4.79 Å². The second kappa shape index (κ2) is 7.07. The molecule has 144 valence electrons. The normalized spacial score (nSPS) is 17.5. The average molecular weight is 373 g/mol. The molecule has 0 radical (unpaired) electrons. The molecule has 0 aliphatic carbocycles. The summed E-state index contributed by atoms with van der Waals surface area (Å²) in [5.74, 6) is 2.23. The molecule has 27 heavy (non-hydrogen) atoms. The summed E-state index contributed by atoms with van der Waals surface area (Å²) in [4.78, 5) is 19.2. The molecular formula is C18H23N5O4. The molecule has 3 heterocycles. The van der Waals surface area contributed by atoms with Crippen LogP contribution in [0.4, 0.5) is 5.82 Å². The zero-order chi connectivity index (χ0) is 19.0. The van der Waals surface area contributed by atoms with E-state index in [1.807, 2.05) is 49.0 Å². The molecule has 0 bridgehead atoms. The lowest BCUT2D eigenvalue weighted by Gasteiger charge is -2.37. The first kappa shape index (κ1) is 17.6. The lowest BCUT2D eigenvalue weighted by molar-refractivity contribution is -0.136. The Kier molecular flexibility index (Phi) is 4.61. The van der Waals surface area contributed by atoms with Crippen molar-refractivity contribution < 1.29 is 18.9 Å². The lowest BCUT2D eigenvalue weighted by Crippen LogP contribution is -2.51. The summed E-state index contributed by atoms with van der Waals surface area (Å²) in [7, 11) is 3.82. The molecule has 9 nitrogen and oxygen atoms in total. The lowest BCUT2D eigenvalue weighted by atomic mass is 10.0. The molecule has 1 aromatic carbocycles. The highest BCUT2D eigenvalue weighted by Crippen LogP contribution is 2.35. The molecule has 4 rings (SSSR count). The number of nitrogens with zero attached hydrogens (tertiary/aromatic N) is 5. The fourth-order valence-electron chi connectivity index (χ4n) is 3.57. The Hall–Kier alpha value is -2.81. The number of hydrogen-bond donors (Lipinski definition) is 0. The van der Waals surface area contributed by atoms with Crippen molar-refractivity contribution in [1.29, 1.82) is 0 Å². The number of ether oxygens (including phenoxy) is 2. The van der Waals surface area contributed by atoms with Crippen molar-refractivity contribution in [3.05, 3.63) is 29.5 Å². The SMILES string of the molecule is Cc1nonc1N1CCN(C(=O)[C@H](c2ccc3c(c2)OCO3)N(C)C)CC1. The van der Waals surface area contributed by atoms with E-state index in [4.69, 9.17) is 14.1 Å². The fourth-order valence-corrected chi connectivity index (χ4v) is 3.57. The predicted octanol–water partition coefficient (Wildman–Crippen LogP) is 1.06. The number of likely N-dealkylation sites (N-methyl/N-ethyl adjacent to an activating group) is 1. The Labute approximate surface area is 157 Å². The van der Waals surface area contributed by atoms with Crippen molar-refractivity contribution in [2.75, 3.05) is 52.0 Å². The van der Waals surface area contributed by atoms with Gasteiger partial charge in [-0.15, -0.1) is 0 Å². The minimum absolute atomic E-state index is 0.0773. The van der Waals surface area contributed by atoms with Crippen molar-refractivity contribution >= 4 is 11.7 Å². The van der Waals surface area contributed by atoms with Crippen molar-refractivity contribution in [1.82, 2.24) is 20.1 Å². The number of hydrogen-bond acceptors (Lipinski definition) is 8. The van der Waals surface area contributed by atoms with E-state index in [2.05, 4.69) is 15.2 Å². The highest BCUT2D eigenvalue weighted by atomic mass is 16.7. The molecule has 1 atom stereocenters. The third-order valence-corrected chi connectivity index (χ3v) is 4.98. The number of fused-ring (bicyclic) bond motifs is 1. The molecule has 9 heteroatoms. The van der Waals surface area contributed by atoms with Gasteiger partial charge in [0, 0.05) is 26.2 Å². The van der Waals surface area contributed by atoms with Crippen LogP contribution in [0.15, 0.2) is 22.8 Å². The number of carbonyl (C=O) groups is 1. The first-order chi connectivity index (χ1) is 13.0. The van der Waals surface area contributed by atoms with Gasteiger partial charge in [-0.05, 0) is 43.9 Å². The molecule has 2 aliphatic rings. The molecular weight excluding hydrogens is 350 g/mol. The van der Waals surface area contributed by atoms with Crippen molar-refractivity contribution in [3.63, 3.8) is 0 Å². The summed E-state index contributed by atoms with van der Waals surface area (Å²) in [6.45, 7) is 4.73. The maximum Gasteiger partial charge on any atom is 0.244 e. The number of aryl methyl sites for hydroxylation is 1. The van der Waals surface area contributed by atoms with E-state index in [0.717, 1.165) is 17.1 Å². The van der Waals surface area contributed by atoms with Crippen LogP contribution in [0.1, 0.15) is 17.3 Å². The van der Waals surface area contributed by atoms with E-state index in [9.17, 15) is 4.79 Å². The summed E-state index contributed by atoms with van der Waals surface area (Å²) in [6.07, 6.45) is 0. The van der Waals surface area contributed by atoms with Gasteiger partial charge in [-0.1, -0.05) is 11.2 Å². The average Bonchev–Trinajstić information content (AvgIpc) is 3.30. The minimum atomic E-state index is -0.374. The van der Waals surface area contributed by atoms with Crippen LogP contribution in [0.25, 0.3) is 0 Å². The van der Waals surface area contributed by atoms with Gasteiger partial charge in [0.2, 0.25) is 12.7 Å². The number of anilines is 1. The topological polar surface area (TPSA) is 84.2 Å². The fraction of sp³-hybridized carbons (Fsp3) is 0.500. The summed E-state index contributed by atoms with van der Waals surface area (Å²) in [6, 6.07) is 5.31. The van der Waals surface area contributed by atoms with E-state index in [-0.39, 0.29) is 18.7 Å². The third-order valence-electron chi connectivity index (χ3n) is 4.98. The van der Waals surface area contributed by atoms with Gasteiger partial charge in [-0.2, -0.15) is 0 Å². The molecule has 1 saturated heterocycles. The molecule has 0 N–H and O–H groups in total. The highest BCUT2D eigenvalue weighted by molar-refractivity contribution is 5.84. The Morgan fingerprint density at radius 3 is 2.52 bits per heavy atom. The van der Waals surface area contributed by atoms with E-state index in [0.29, 0.717) is 37.7 Å². The Balaban J connectivity index is 1.48. The van der Waals surface area contributed by atoms with Gasteiger partial charge in [-0.3, -0.25) is 9.69 Å². The van der Waals surface area contributed by atoms with Gasteiger partial charge in [0.15, 0.2) is 17.3 Å². The van der Waals surface area contributed by atoms with Crippen molar-refractivity contribution in [2.24, 2.45) is 0 Å². The highest BCUT2D eigenvalue weighted by Gasteiger charge is 2.32. The Morgan fingerprint density at radius 1 is 1.11 bits per heavy atom. The first-order valence-electron chi connectivity index (χ1n) is 8.93. The maximum absolute atomic E-state index is 13.2. The van der Waals surface area contributed by atoms with Crippen molar-refractivity contribution in [2.45, 2.75) is 13.0 Å². The third kappa shape index (κ3) is 3.30. The first-order valence-corrected chi connectivity index (χ1v) is 8.93. The summed E-state index contributed by atoms with van der Waals surface area (Å²) >= 11 is 0. The van der Waals surface area contributed by atoms with Crippen LogP contribution < -0.4 is 14.4 Å². The number of aromatic nitrogens is 2. The summed E-state index contributed by atoms with van der Waals surface area (Å²) < 4.78 is 15.6. The van der Waals surface area contributed by atoms with Gasteiger partial charge in [0.05, 0.1) is 0 Å². The molecule has 0 unspecified atom stereocenters. The number of benzene rings is 1. The van der Waals surface area contributed by atoms with Gasteiger partial charge < -0.3 is 19.3 Å². The van der Waals surface area contributed by atoms with Crippen LogP contribution in [0.2, 0.25) is 0 Å². The van der Waals surface area contributed by atoms with Crippen LogP contribution >= 0.6 is 0 Å². The molecule has 1 aromatic heterocycles. The van der Waals surface area contributed by atoms with Crippen LogP contribution in [-0.4, -0.2) is 73.1 Å². The molecule has 1 fully saturated rings. The quantitative estimate of drug-likeness (QED) is 0.787. The number of piperazine rings is 1. The smallest absolute Gasteiger partial charge is 0.244 e. The molecule has 1 amide bonds. The van der Waals surface area contributed by atoms with E-state index < -0.39 is 0 Å². The van der Waals surface area contributed by atoms with E-state index >= 15 is 0 Å². The summed E-state index contributed by atoms with van der Waals surface area (Å²) in [5.41, 5.74) is 1.66. The van der Waals surface area contributed by atoms with Gasteiger partial charge in [0.1, 0.15) is 11.7 Å². The van der Waals surface area contributed by atoms with Gasteiger partial charge >= 0.3 is 0 Å².